The molecule has 7 nitrogen and oxygen atoms in total. The molecule has 3 saturated heterocycles. The number of hydrogen-bond donors (Lipinski definition) is 2. The van der Waals surface area contributed by atoms with Gasteiger partial charge in [0.25, 0.3) is 0 Å². The third-order valence-corrected chi connectivity index (χ3v) is 9.85. The number of carbonyl (C=O) groups is 2. The maximum absolute atomic E-state index is 13.0. The molecule has 7 heteroatoms. The van der Waals surface area contributed by atoms with Gasteiger partial charge in [-0.1, -0.05) is 6.08 Å². The maximum Gasteiger partial charge on any atom is 0.334 e. The van der Waals surface area contributed by atoms with Gasteiger partial charge in [-0.15, -0.1) is 0 Å². The van der Waals surface area contributed by atoms with E-state index in [0.717, 1.165) is 64.3 Å². The highest BCUT2D eigenvalue weighted by Crippen LogP contribution is 2.60. The van der Waals surface area contributed by atoms with Gasteiger partial charge in [-0.05, 0) is 102 Å². The fourth-order valence-electron chi connectivity index (χ4n) is 7.83. The van der Waals surface area contributed by atoms with Crippen LogP contribution in [-0.4, -0.2) is 48.1 Å². The first-order valence-corrected chi connectivity index (χ1v) is 13.5. The first-order valence-electron chi connectivity index (χ1n) is 13.5. The number of nitrogens with two attached hydrogens (primary N) is 1. The highest BCUT2D eigenvalue weighted by atomic mass is 16.6. The number of fused-ring (bicyclic) bond motifs is 2. The van der Waals surface area contributed by atoms with E-state index in [1.807, 2.05) is 19.9 Å². The molecule has 3 N–H and O–H groups in total. The summed E-state index contributed by atoms with van der Waals surface area (Å²) in [6.45, 7) is 6.69. The molecule has 0 aromatic carbocycles. The van der Waals surface area contributed by atoms with Crippen LogP contribution >= 0.6 is 0 Å². The summed E-state index contributed by atoms with van der Waals surface area (Å²) in [5.41, 5.74) is 5.59. The maximum atomic E-state index is 13.0. The van der Waals surface area contributed by atoms with Crippen molar-refractivity contribution in [2.75, 3.05) is 6.54 Å². The lowest BCUT2D eigenvalue weighted by Crippen LogP contribution is -2.64. The lowest BCUT2D eigenvalue weighted by atomic mass is 9.58. The van der Waals surface area contributed by atoms with Crippen molar-refractivity contribution in [3.05, 3.63) is 11.6 Å². The second-order valence-corrected chi connectivity index (χ2v) is 11.8. The molecular weight excluding hydrogens is 432 g/mol. The molecule has 5 fully saturated rings. The molecule has 5 aliphatic rings. The summed E-state index contributed by atoms with van der Waals surface area (Å²) < 4.78 is 19.3. The Hall–Kier alpha value is -1.44. The predicted octanol–water partition coefficient (Wildman–Crippen LogP) is 3.60. The Morgan fingerprint density at radius 1 is 1.15 bits per heavy atom. The molecule has 0 radical (unpaired) electrons. The Bertz CT molecular complexity index is 837. The Morgan fingerprint density at radius 2 is 1.97 bits per heavy atom. The molecule has 0 bridgehead atoms. The van der Waals surface area contributed by atoms with Crippen molar-refractivity contribution in [2.45, 2.75) is 115 Å². The van der Waals surface area contributed by atoms with Gasteiger partial charge in [-0.3, -0.25) is 4.79 Å². The van der Waals surface area contributed by atoms with Gasteiger partial charge >= 0.3 is 11.9 Å². The average molecular weight is 475 g/mol. The molecule has 34 heavy (non-hydrogen) atoms. The van der Waals surface area contributed by atoms with Gasteiger partial charge in [-0.2, -0.15) is 0 Å². The normalized spacial score (nSPS) is 47.0. The van der Waals surface area contributed by atoms with E-state index >= 15 is 0 Å². The van der Waals surface area contributed by atoms with Crippen LogP contribution in [0.25, 0.3) is 0 Å². The van der Waals surface area contributed by atoms with Crippen molar-refractivity contribution in [3.8, 4) is 0 Å². The molecule has 1 spiro atoms. The number of esters is 2. The lowest BCUT2D eigenvalue weighted by Gasteiger charge is -2.55. The number of ether oxygens (including phenoxy) is 3. The molecule has 0 aromatic rings. The fourth-order valence-corrected chi connectivity index (χ4v) is 7.83. The third-order valence-electron chi connectivity index (χ3n) is 9.85. The number of rotatable bonds is 3. The highest BCUT2D eigenvalue weighted by Gasteiger charge is 2.66. The van der Waals surface area contributed by atoms with Crippen LogP contribution in [0, 0.1) is 23.7 Å². The van der Waals surface area contributed by atoms with E-state index in [4.69, 9.17) is 19.9 Å². The van der Waals surface area contributed by atoms with Gasteiger partial charge in [-0.25, -0.2) is 4.79 Å². The predicted molar refractivity (Wildman–Crippen MR) is 128 cm³/mol. The van der Waals surface area contributed by atoms with Crippen LogP contribution in [0.5, 0.6) is 0 Å². The molecular formula is C27H42N2O5. The first-order chi connectivity index (χ1) is 16.2. The Kier molecular flexibility index (Phi) is 6.57. The average Bonchev–Trinajstić information content (AvgIpc) is 3.19. The van der Waals surface area contributed by atoms with E-state index in [1.165, 1.54) is 0 Å². The fraction of sp³-hybridized carbons (Fsp3) is 0.852. The molecule has 190 valence electrons. The van der Waals surface area contributed by atoms with Crippen LogP contribution in [0.3, 0.4) is 0 Å². The summed E-state index contributed by atoms with van der Waals surface area (Å²) >= 11 is 0. The SMILES string of the molecule is CC=C(C)C(=O)OC1(C)CCCC(C2CCC(N)NC2)C12CC1CC3CCC(=O)OC3CC1O2. The molecule has 2 aliphatic carbocycles. The Balaban J connectivity index is 1.47. The number of nitrogens with one attached hydrogen (secondary N) is 1. The van der Waals surface area contributed by atoms with Crippen molar-refractivity contribution in [1.82, 2.24) is 5.32 Å². The largest absolute Gasteiger partial charge is 0.462 e. The van der Waals surface area contributed by atoms with Crippen LogP contribution in [0.2, 0.25) is 0 Å². The summed E-state index contributed by atoms with van der Waals surface area (Å²) in [6, 6.07) is 0. The van der Waals surface area contributed by atoms with Crippen molar-refractivity contribution >= 4 is 11.9 Å². The van der Waals surface area contributed by atoms with E-state index in [2.05, 4.69) is 12.2 Å². The zero-order valence-electron chi connectivity index (χ0n) is 21.0. The summed E-state index contributed by atoms with van der Waals surface area (Å²) in [5.74, 6) is 1.27. The van der Waals surface area contributed by atoms with E-state index < -0.39 is 11.2 Å². The van der Waals surface area contributed by atoms with Crippen molar-refractivity contribution < 1.29 is 23.8 Å². The second-order valence-electron chi connectivity index (χ2n) is 11.8. The van der Waals surface area contributed by atoms with Crippen LogP contribution in [-0.2, 0) is 23.8 Å². The summed E-state index contributed by atoms with van der Waals surface area (Å²) in [5, 5.41) is 3.49. The number of piperidine rings is 1. The minimum absolute atomic E-state index is 0.0342. The van der Waals surface area contributed by atoms with Gasteiger partial charge < -0.3 is 25.3 Å². The summed E-state index contributed by atoms with van der Waals surface area (Å²) in [7, 11) is 0. The Morgan fingerprint density at radius 3 is 2.71 bits per heavy atom. The molecule has 2 saturated carbocycles. The minimum Gasteiger partial charge on any atom is -0.462 e. The highest BCUT2D eigenvalue weighted by molar-refractivity contribution is 5.88. The smallest absolute Gasteiger partial charge is 0.334 e. The minimum atomic E-state index is -0.685. The molecule has 9 atom stereocenters. The topological polar surface area (TPSA) is 99.9 Å². The van der Waals surface area contributed by atoms with Gasteiger partial charge in [0.2, 0.25) is 0 Å². The summed E-state index contributed by atoms with van der Waals surface area (Å²) in [6.07, 6.45) is 11.0. The Labute approximate surface area is 203 Å². The molecule has 9 unspecified atom stereocenters. The quantitative estimate of drug-likeness (QED) is 0.476. The number of allylic oxidation sites excluding steroid dienone is 1. The van der Waals surface area contributed by atoms with E-state index in [1.54, 1.807) is 0 Å². The van der Waals surface area contributed by atoms with Gasteiger partial charge in [0, 0.05) is 18.4 Å². The first kappa shape index (κ1) is 24.3. The van der Waals surface area contributed by atoms with Crippen LogP contribution in [0.15, 0.2) is 11.6 Å². The lowest BCUT2D eigenvalue weighted by molar-refractivity contribution is -0.243. The molecule has 3 heterocycles. The van der Waals surface area contributed by atoms with Crippen molar-refractivity contribution in [1.29, 1.82) is 0 Å². The van der Waals surface area contributed by atoms with Crippen LogP contribution in [0.1, 0.15) is 85.0 Å². The molecule has 5 rings (SSSR count). The number of hydrogen-bond acceptors (Lipinski definition) is 7. The van der Waals surface area contributed by atoms with Gasteiger partial charge in [0.1, 0.15) is 17.3 Å². The van der Waals surface area contributed by atoms with Gasteiger partial charge in [0.05, 0.1) is 12.3 Å². The molecule has 3 aliphatic heterocycles. The third kappa shape index (κ3) is 4.11. The van der Waals surface area contributed by atoms with Crippen molar-refractivity contribution in [3.63, 3.8) is 0 Å². The van der Waals surface area contributed by atoms with E-state index in [-0.39, 0.29) is 30.3 Å². The standard InChI is InChI=1S/C27H42N2O5/c1-4-16(2)25(31)34-26(3)11-5-6-20(18-7-9-23(28)29-15-18)27(26)14-19-12-17-8-10-24(30)32-21(17)13-22(19)33-27/h4,17-23,29H,5-15,28H2,1-3H3. The number of carbonyl (C=O) groups excluding carboxylic acids is 2. The second kappa shape index (κ2) is 9.21. The van der Waals surface area contributed by atoms with Gasteiger partial charge in [0.15, 0.2) is 0 Å². The molecule has 0 amide bonds. The van der Waals surface area contributed by atoms with Crippen LogP contribution in [0.4, 0.5) is 0 Å². The molecule has 0 aromatic heterocycles. The van der Waals surface area contributed by atoms with Crippen molar-refractivity contribution in [2.24, 2.45) is 29.4 Å². The summed E-state index contributed by atoms with van der Waals surface area (Å²) in [4.78, 5) is 25.0. The van der Waals surface area contributed by atoms with Crippen LogP contribution < -0.4 is 11.1 Å². The van der Waals surface area contributed by atoms with E-state index in [0.29, 0.717) is 35.7 Å². The monoisotopic (exact) mass is 474 g/mol. The van der Waals surface area contributed by atoms with E-state index in [9.17, 15) is 9.59 Å². The zero-order valence-corrected chi connectivity index (χ0v) is 21.0. The zero-order chi connectivity index (χ0) is 24.1.